The normalized spacial score (nSPS) is 29.6. The summed E-state index contributed by atoms with van der Waals surface area (Å²) in [6.07, 6.45) is 3.78. The van der Waals surface area contributed by atoms with Crippen LogP contribution in [0.25, 0.3) is 0 Å². The number of rotatable bonds is 1. The van der Waals surface area contributed by atoms with E-state index in [-0.39, 0.29) is 0 Å². The van der Waals surface area contributed by atoms with Crippen molar-refractivity contribution in [2.24, 2.45) is 17.1 Å². The lowest BCUT2D eigenvalue weighted by molar-refractivity contribution is 0.170. The Kier molecular flexibility index (Phi) is 6.46. The molecule has 1 rings (SSSR count). The highest BCUT2D eigenvalue weighted by Gasteiger charge is 2.29. The molecule has 0 amide bonds. The van der Waals surface area contributed by atoms with Gasteiger partial charge in [-0.1, -0.05) is 34.6 Å². The minimum atomic E-state index is 0.457. The van der Waals surface area contributed by atoms with Gasteiger partial charge in [0.05, 0.1) is 0 Å². The van der Waals surface area contributed by atoms with E-state index < -0.39 is 0 Å². The van der Waals surface area contributed by atoms with E-state index in [0.29, 0.717) is 17.5 Å². The monoisotopic (exact) mass is 214 g/mol. The molecule has 0 radical (unpaired) electrons. The maximum Gasteiger partial charge on any atom is 0.00464 e. The van der Waals surface area contributed by atoms with Gasteiger partial charge in [0.2, 0.25) is 0 Å². The fraction of sp³-hybridized carbons (Fsp3) is 1.00. The van der Waals surface area contributed by atoms with Gasteiger partial charge in [0, 0.05) is 12.1 Å². The van der Waals surface area contributed by atoms with E-state index >= 15 is 0 Å². The number of nitrogens with one attached hydrogen (secondary N) is 1. The van der Waals surface area contributed by atoms with E-state index in [4.69, 9.17) is 5.73 Å². The minimum absolute atomic E-state index is 0.457. The molecule has 1 aliphatic carbocycles. The first-order valence-electron chi connectivity index (χ1n) is 6.19. The van der Waals surface area contributed by atoms with Crippen molar-refractivity contribution in [2.45, 2.75) is 66.0 Å². The average molecular weight is 214 g/mol. The maximum atomic E-state index is 5.90. The first-order valence-corrected chi connectivity index (χ1v) is 6.19. The molecule has 0 heterocycles. The summed E-state index contributed by atoms with van der Waals surface area (Å²) in [4.78, 5) is 0. The Balaban J connectivity index is 0.000000336. The van der Waals surface area contributed by atoms with Crippen molar-refractivity contribution in [1.29, 1.82) is 0 Å². The second-order valence-electron chi connectivity index (χ2n) is 6.12. The van der Waals surface area contributed by atoms with Crippen LogP contribution < -0.4 is 11.1 Å². The molecule has 2 heteroatoms. The summed E-state index contributed by atoms with van der Waals surface area (Å²) in [6.45, 7) is 11.2. The van der Waals surface area contributed by atoms with Crippen LogP contribution in [0, 0.1) is 11.3 Å². The molecule has 2 atom stereocenters. The van der Waals surface area contributed by atoms with Crippen molar-refractivity contribution in [1.82, 2.24) is 5.32 Å². The van der Waals surface area contributed by atoms with Gasteiger partial charge in [0.1, 0.15) is 0 Å². The number of hydrogen-bond donors (Lipinski definition) is 2. The molecule has 92 valence electrons. The highest BCUT2D eigenvalue weighted by molar-refractivity contribution is 4.84. The van der Waals surface area contributed by atoms with Gasteiger partial charge in [-0.05, 0) is 37.6 Å². The minimum Gasteiger partial charge on any atom is -0.328 e. The zero-order valence-corrected chi connectivity index (χ0v) is 11.4. The Bertz CT molecular complexity index is 152. The van der Waals surface area contributed by atoms with Crippen molar-refractivity contribution in [3.05, 3.63) is 0 Å². The summed E-state index contributed by atoms with van der Waals surface area (Å²) in [5, 5.41) is 3.03. The molecule has 0 spiro atoms. The molecule has 0 saturated heterocycles. The maximum absolute atomic E-state index is 5.90. The lowest BCUT2D eigenvalue weighted by Crippen LogP contribution is -2.36. The molecule has 2 unspecified atom stereocenters. The van der Waals surface area contributed by atoms with Gasteiger partial charge in [-0.25, -0.2) is 0 Å². The summed E-state index contributed by atoms with van der Waals surface area (Å²) in [6, 6.07) is 1.09. The zero-order chi connectivity index (χ0) is 12.1. The molecule has 0 aromatic carbocycles. The van der Waals surface area contributed by atoms with Crippen molar-refractivity contribution in [2.75, 3.05) is 7.05 Å². The lowest BCUT2D eigenvalue weighted by Gasteiger charge is -2.37. The summed E-state index contributed by atoms with van der Waals surface area (Å²) in [5.41, 5.74) is 6.40. The van der Waals surface area contributed by atoms with E-state index in [1.165, 1.54) is 19.3 Å². The molecule has 0 aromatic heterocycles. The molecule has 1 fully saturated rings. The highest BCUT2D eigenvalue weighted by atomic mass is 14.8. The van der Waals surface area contributed by atoms with Crippen LogP contribution >= 0.6 is 0 Å². The third kappa shape index (κ3) is 7.80. The van der Waals surface area contributed by atoms with Crippen LogP contribution in [0.15, 0.2) is 0 Å². The van der Waals surface area contributed by atoms with Gasteiger partial charge >= 0.3 is 0 Å². The fourth-order valence-corrected chi connectivity index (χ4v) is 2.42. The zero-order valence-electron chi connectivity index (χ0n) is 11.4. The van der Waals surface area contributed by atoms with Gasteiger partial charge in [-0.2, -0.15) is 0 Å². The van der Waals surface area contributed by atoms with Crippen LogP contribution in [0.3, 0.4) is 0 Å². The Labute approximate surface area is 96.0 Å². The second-order valence-corrected chi connectivity index (χ2v) is 6.12. The van der Waals surface area contributed by atoms with Crippen LogP contribution in [-0.2, 0) is 0 Å². The fourth-order valence-electron chi connectivity index (χ4n) is 2.42. The summed E-state index contributed by atoms with van der Waals surface area (Å²) in [5.74, 6) is 0.832. The predicted octanol–water partition coefficient (Wildman–Crippen LogP) is 2.77. The van der Waals surface area contributed by atoms with Crippen LogP contribution in [-0.4, -0.2) is 19.1 Å². The SMILES string of the molecule is CC1CC(N)CC(C)(C)C1.CNC(C)C. The molecule has 1 aliphatic rings. The van der Waals surface area contributed by atoms with Crippen molar-refractivity contribution in [3.8, 4) is 0 Å². The average Bonchev–Trinajstić information content (AvgIpc) is 2.00. The van der Waals surface area contributed by atoms with Crippen molar-refractivity contribution >= 4 is 0 Å². The molecule has 3 N–H and O–H groups in total. The first kappa shape index (κ1) is 14.9. The van der Waals surface area contributed by atoms with E-state index in [9.17, 15) is 0 Å². The second kappa shape index (κ2) is 6.49. The quantitative estimate of drug-likeness (QED) is 0.704. The third-order valence-corrected chi connectivity index (χ3v) is 3.00. The predicted molar refractivity (Wildman–Crippen MR) is 69.0 cm³/mol. The largest absolute Gasteiger partial charge is 0.328 e. The Morgan fingerprint density at radius 1 is 1.27 bits per heavy atom. The highest BCUT2D eigenvalue weighted by Crippen LogP contribution is 2.37. The molecule has 0 aromatic rings. The third-order valence-electron chi connectivity index (χ3n) is 3.00. The molecule has 0 aliphatic heterocycles. The van der Waals surface area contributed by atoms with E-state index in [1.54, 1.807) is 0 Å². The first-order chi connectivity index (χ1) is 6.76. The number of hydrogen-bond acceptors (Lipinski definition) is 2. The van der Waals surface area contributed by atoms with Gasteiger partial charge in [0.15, 0.2) is 0 Å². The molecule has 0 bridgehead atoms. The van der Waals surface area contributed by atoms with Crippen LogP contribution in [0.1, 0.15) is 53.9 Å². The summed E-state index contributed by atoms with van der Waals surface area (Å²) in [7, 11) is 1.95. The van der Waals surface area contributed by atoms with Gasteiger partial charge in [0.25, 0.3) is 0 Å². The van der Waals surface area contributed by atoms with Crippen molar-refractivity contribution < 1.29 is 0 Å². The smallest absolute Gasteiger partial charge is 0.00464 e. The molecule has 15 heavy (non-hydrogen) atoms. The Hall–Kier alpha value is -0.0800. The summed E-state index contributed by atoms with van der Waals surface area (Å²) < 4.78 is 0. The Morgan fingerprint density at radius 3 is 2.00 bits per heavy atom. The Morgan fingerprint density at radius 2 is 1.73 bits per heavy atom. The lowest BCUT2D eigenvalue weighted by atomic mass is 9.71. The van der Waals surface area contributed by atoms with Gasteiger partial charge in [-0.3, -0.25) is 0 Å². The number of nitrogens with two attached hydrogens (primary N) is 1. The van der Waals surface area contributed by atoms with Crippen molar-refractivity contribution in [3.63, 3.8) is 0 Å². The molecular formula is C13H30N2. The standard InChI is InChI=1S/C9H19N.C4H11N/c1-7-4-8(10)6-9(2,3)5-7;1-4(2)5-3/h7-8H,4-6,10H2,1-3H3;4-5H,1-3H3. The van der Waals surface area contributed by atoms with Gasteiger partial charge < -0.3 is 11.1 Å². The van der Waals surface area contributed by atoms with Crippen LogP contribution in [0.4, 0.5) is 0 Å². The molecule has 1 saturated carbocycles. The molecule has 2 nitrogen and oxygen atoms in total. The molecular weight excluding hydrogens is 184 g/mol. The van der Waals surface area contributed by atoms with Gasteiger partial charge in [-0.15, -0.1) is 0 Å². The topological polar surface area (TPSA) is 38.0 Å². The van der Waals surface area contributed by atoms with E-state index in [1.807, 2.05) is 7.05 Å². The van der Waals surface area contributed by atoms with E-state index in [0.717, 1.165) is 5.92 Å². The van der Waals surface area contributed by atoms with E-state index in [2.05, 4.69) is 39.9 Å². The van der Waals surface area contributed by atoms with Crippen LogP contribution in [0.2, 0.25) is 0 Å². The summed E-state index contributed by atoms with van der Waals surface area (Å²) >= 11 is 0. The van der Waals surface area contributed by atoms with Crippen LogP contribution in [0.5, 0.6) is 0 Å².